The van der Waals surface area contributed by atoms with Crippen LogP contribution >= 0.6 is 0 Å². The molecule has 0 spiro atoms. The maximum absolute atomic E-state index is 11.9. The molecule has 1 heterocycles. The highest BCUT2D eigenvalue weighted by Crippen LogP contribution is 2.31. The minimum Gasteiger partial charge on any atom is -0.464 e. The summed E-state index contributed by atoms with van der Waals surface area (Å²) in [6.07, 6.45) is -0.353. The van der Waals surface area contributed by atoms with Gasteiger partial charge in [0.2, 0.25) is 0 Å². The second kappa shape index (κ2) is 6.72. The number of carbonyl (C=O) groups is 2. The molecule has 0 bridgehead atoms. The molecule has 0 unspecified atom stereocenters. The molecule has 0 aromatic carbocycles. The van der Waals surface area contributed by atoms with Crippen LogP contribution in [0.2, 0.25) is 0 Å². The van der Waals surface area contributed by atoms with Crippen LogP contribution in [0.1, 0.15) is 20.3 Å². The molecular formula is C12H21NO6. The van der Waals surface area contributed by atoms with Crippen LogP contribution in [0.4, 0.5) is 4.79 Å². The minimum atomic E-state index is -0.996. The normalized spacial score (nSPS) is 21.3. The molecule has 0 N–H and O–H groups in total. The number of likely N-dealkylation sites (tertiary alicyclic amines) is 1. The summed E-state index contributed by atoms with van der Waals surface area (Å²) in [5.74, 6) is -1.48. The Labute approximate surface area is 112 Å². The summed E-state index contributed by atoms with van der Waals surface area (Å²) in [6, 6.07) is -0.751. The fourth-order valence-corrected chi connectivity index (χ4v) is 2.07. The molecule has 1 amide bonds. The summed E-state index contributed by atoms with van der Waals surface area (Å²) in [4.78, 5) is 25.1. The van der Waals surface area contributed by atoms with Gasteiger partial charge in [-0.3, -0.25) is 4.90 Å². The highest BCUT2D eigenvalue weighted by molar-refractivity contribution is 5.82. The zero-order chi connectivity index (χ0) is 14.5. The Kier molecular flexibility index (Phi) is 5.56. The van der Waals surface area contributed by atoms with E-state index in [-0.39, 0.29) is 26.2 Å². The van der Waals surface area contributed by atoms with Crippen LogP contribution in [0.15, 0.2) is 0 Å². The predicted octanol–water partition coefficient (Wildman–Crippen LogP) is 0.769. The van der Waals surface area contributed by atoms with Crippen molar-refractivity contribution in [2.45, 2.75) is 32.1 Å². The third-order valence-corrected chi connectivity index (χ3v) is 3.10. The van der Waals surface area contributed by atoms with Gasteiger partial charge in [-0.25, -0.2) is 9.59 Å². The second-order valence-electron chi connectivity index (χ2n) is 4.12. The number of hydrogen-bond acceptors (Lipinski definition) is 6. The monoisotopic (exact) mass is 275 g/mol. The highest BCUT2D eigenvalue weighted by Gasteiger charge is 2.51. The van der Waals surface area contributed by atoms with Crippen LogP contribution in [0.25, 0.3) is 0 Å². The Morgan fingerprint density at radius 2 is 1.74 bits per heavy atom. The van der Waals surface area contributed by atoms with Crippen LogP contribution < -0.4 is 0 Å². The minimum absolute atomic E-state index is 0.127. The van der Waals surface area contributed by atoms with Crippen molar-refractivity contribution in [3.63, 3.8) is 0 Å². The summed E-state index contributed by atoms with van der Waals surface area (Å²) in [6.45, 7) is 4.02. The van der Waals surface area contributed by atoms with E-state index in [1.54, 1.807) is 13.8 Å². The van der Waals surface area contributed by atoms with E-state index in [2.05, 4.69) is 0 Å². The Hall–Kier alpha value is -1.34. The first-order valence-electron chi connectivity index (χ1n) is 6.23. The van der Waals surface area contributed by atoms with Crippen molar-refractivity contribution in [3.8, 4) is 0 Å². The summed E-state index contributed by atoms with van der Waals surface area (Å²) in [5, 5.41) is 0. The molecule has 1 aliphatic rings. The van der Waals surface area contributed by atoms with Gasteiger partial charge in [0.25, 0.3) is 0 Å². The number of amides is 1. The molecule has 1 fully saturated rings. The number of rotatable bonds is 5. The van der Waals surface area contributed by atoms with E-state index in [0.717, 1.165) is 0 Å². The number of ether oxygens (including phenoxy) is 4. The average Bonchev–Trinajstić information content (AvgIpc) is 2.80. The van der Waals surface area contributed by atoms with Gasteiger partial charge in [-0.05, 0) is 13.8 Å². The standard InChI is InChI=1S/C12H21NO6/c1-5-18-10(14)9-7-12(16-3,17-4)8-13(9)11(15)19-6-2/h9H,5-8H2,1-4H3/t9-/m0/s1. The van der Waals surface area contributed by atoms with Crippen LogP contribution in [0, 0.1) is 0 Å². The topological polar surface area (TPSA) is 74.3 Å². The number of hydrogen-bond donors (Lipinski definition) is 0. The van der Waals surface area contributed by atoms with Crippen LogP contribution in [0.3, 0.4) is 0 Å². The van der Waals surface area contributed by atoms with Gasteiger partial charge in [0.1, 0.15) is 6.04 Å². The smallest absolute Gasteiger partial charge is 0.410 e. The third-order valence-electron chi connectivity index (χ3n) is 3.10. The fourth-order valence-electron chi connectivity index (χ4n) is 2.07. The van der Waals surface area contributed by atoms with Crippen molar-refractivity contribution >= 4 is 12.1 Å². The van der Waals surface area contributed by atoms with E-state index in [0.29, 0.717) is 0 Å². The average molecular weight is 275 g/mol. The van der Waals surface area contributed by atoms with Gasteiger partial charge in [-0.2, -0.15) is 0 Å². The van der Waals surface area contributed by atoms with Gasteiger partial charge >= 0.3 is 12.1 Å². The van der Waals surface area contributed by atoms with Gasteiger partial charge < -0.3 is 18.9 Å². The molecule has 7 nitrogen and oxygen atoms in total. The molecule has 0 saturated carbocycles. The molecule has 7 heteroatoms. The molecule has 0 aromatic heterocycles. The fraction of sp³-hybridized carbons (Fsp3) is 0.833. The Bertz CT molecular complexity index is 300. The van der Waals surface area contributed by atoms with Crippen LogP contribution in [-0.4, -0.2) is 62.8 Å². The summed E-state index contributed by atoms with van der Waals surface area (Å²) in [7, 11) is 2.95. The largest absolute Gasteiger partial charge is 0.464 e. The van der Waals surface area contributed by atoms with E-state index in [4.69, 9.17) is 18.9 Å². The van der Waals surface area contributed by atoms with Crippen molar-refractivity contribution in [1.29, 1.82) is 0 Å². The molecule has 1 aliphatic heterocycles. The maximum atomic E-state index is 11.9. The van der Waals surface area contributed by atoms with Crippen molar-refractivity contribution in [2.24, 2.45) is 0 Å². The van der Waals surface area contributed by atoms with Gasteiger partial charge in [0, 0.05) is 20.6 Å². The number of nitrogens with zero attached hydrogens (tertiary/aromatic N) is 1. The zero-order valence-corrected chi connectivity index (χ0v) is 11.8. The molecule has 19 heavy (non-hydrogen) atoms. The summed E-state index contributed by atoms with van der Waals surface area (Å²) in [5.41, 5.74) is 0. The quantitative estimate of drug-likeness (QED) is 0.545. The van der Waals surface area contributed by atoms with Crippen LogP contribution in [0.5, 0.6) is 0 Å². The predicted molar refractivity (Wildman–Crippen MR) is 65.5 cm³/mol. The number of esters is 1. The lowest BCUT2D eigenvalue weighted by Crippen LogP contribution is -2.42. The molecule has 1 saturated heterocycles. The Morgan fingerprint density at radius 3 is 2.21 bits per heavy atom. The van der Waals surface area contributed by atoms with E-state index in [1.165, 1.54) is 19.1 Å². The summed E-state index contributed by atoms with van der Waals surface area (Å²) >= 11 is 0. The van der Waals surface area contributed by atoms with E-state index in [1.807, 2.05) is 0 Å². The summed E-state index contributed by atoms with van der Waals surface area (Å²) < 4.78 is 20.5. The van der Waals surface area contributed by atoms with E-state index >= 15 is 0 Å². The molecule has 0 aromatic rings. The van der Waals surface area contributed by atoms with Crippen molar-refractivity contribution in [1.82, 2.24) is 4.90 Å². The van der Waals surface area contributed by atoms with Crippen molar-refractivity contribution < 1.29 is 28.5 Å². The van der Waals surface area contributed by atoms with Gasteiger partial charge in [-0.1, -0.05) is 0 Å². The molecular weight excluding hydrogens is 254 g/mol. The lowest BCUT2D eigenvalue weighted by molar-refractivity contribution is -0.196. The van der Waals surface area contributed by atoms with Crippen molar-refractivity contribution in [3.05, 3.63) is 0 Å². The first kappa shape index (κ1) is 15.7. The SMILES string of the molecule is CCOC(=O)[C@@H]1CC(OC)(OC)CN1C(=O)OCC. The molecule has 0 aliphatic carbocycles. The van der Waals surface area contributed by atoms with E-state index in [9.17, 15) is 9.59 Å². The Morgan fingerprint density at radius 1 is 1.16 bits per heavy atom. The van der Waals surface area contributed by atoms with Gasteiger partial charge in [0.05, 0.1) is 19.8 Å². The lowest BCUT2D eigenvalue weighted by Gasteiger charge is -2.25. The van der Waals surface area contributed by atoms with Gasteiger partial charge in [0.15, 0.2) is 5.79 Å². The molecule has 1 rings (SSSR count). The molecule has 0 radical (unpaired) electrons. The molecule has 1 atom stereocenters. The first-order valence-corrected chi connectivity index (χ1v) is 6.23. The first-order chi connectivity index (χ1) is 9.03. The van der Waals surface area contributed by atoms with Gasteiger partial charge in [-0.15, -0.1) is 0 Å². The number of methoxy groups -OCH3 is 2. The second-order valence-corrected chi connectivity index (χ2v) is 4.12. The molecule has 110 valence electrons. The Balaban J connectivity index is 2.89. The van der Waals surface area contributed by atoms with E-state index < -0.39 is 23.9 Å². The zero-order valence-electron chi connectivity index (χ0n) is 11.8. The maximum Gasteiger partial charge on any atom is 0.410 e. The van der Waals surface area contributed by atoms with Crippen molar-refractivity contribution in [2.75, 3.05) is 34.0 Å². The number of carbonyl (C=O) groups excluding carboxylic acids is 2. The lowest BCUT2D eigenvalue weighted by atomic mass is 10.1. The van der Waals surface area contributed by atoms with Crippen LogP contribution in [-0.2, 0) is 23.7 Å². The third kappa shape index (κ3) is 3.36. The highest BCUT2D eigenvalue weighted by atomic mass is 16.7.